The molecule has 3 aromatic heterocycles. The molecule has 0 radical (unpaired) electrons. The average Bonchev–Trinajstić information content (AvgIpc) is 3.12. The van der Waals surface area contributed by atoms with Crippen LogP contribution in [0, 0.1) is 0 Å². The number of halogens is 1. The molecule has 158 valence electrons. The Balaban J connectivity index is 1.51. The van der Waals surface area contributed by atoms with Gasteiger partial charge in [-0.3, -0.25) is 0 Å². The number of hydrogen-bond acceptors (Lipinski definition) is 6. The van der Waals surface area contributed by atoms with Crippen molar-refractivity contribution < 1.29 is 9.53 Å². The van der Waals surface area contributed by atoms with Crippen LogP contribution < -0.4 is 5.32 Å². The zero-order valence-electron chi connectivity index (χ0n) is 17.3. The van der Waals surface area contributed by atoms with E-state index in [4.69, 9.17) is 16.3 Å². The molecule has 1 saturated heterocycles. The predicted molar refractivity (Wildman–Crippen MR) is 117 cm³/mol. The highest BCUT2D eigenvalue weighted by molar-refractivity contribution is 6.33. The van der Waals surface area contributed by atoms with Crippen LogP contribution in [0.25, 0.3) is 22.3 Å². The van der Waals surface area contributed by atoms with Gasteiger partial charge in [0.1, 0.15) is 11.2 Å². The number of nitrogens with zero attached hydrogens (tertiary/aromatic N) is 4. The van der Waals surface area contributed by atoms with Crippen molar-refractivity contribution in [1.82, 2.24) is 24.8 Å². The fraction of sp³-hybridized carbons (Fsp3) is 0.429. The van der Waals surface area contributed by atoms with Crippen LogP contribution in [0.3, 0.4) is 0 Å². The average molecular weight is 429 g/mol. The van der Waals surface area contributed by atoms with Gasteiger partial charge in [0.2, 0.25) is 5.95 Å². The Kier molecular flexibility index (Phi) is 5.51. The maximum Gasteiger partial charge on any atom is 0.410 e. The summed E-state index contributed by atoms with van der Waals surface area (Å²) >= 11 is 6.40. The lowest BCUT2D eigenvalue weighted by Crippen LogP contribution is -2.47. The molecule has 3 aromatic rings. The number of likely N-dealkylation sites (tertiary alicyclic amines) is 1. The lowest BCUT2D eigenvalue weighted by molar-refractivity contribution is 0.0206. The molecule has 0 saturated carbocycles. The molecular formula is C21H25ClN6O2. The minimum Gasteiger partial charge on any atom is -0.444 e. The van der Waals surface area contributed by atoms with Crippen molar-refractivity contribution in [2.24, 2.45) is 0 Å². The third-order valence-corrected chi connectivity index (χ3v) is 5.13. The molecule has 1 aliphatic rings. The molecule has 1 aliphatic heterocycles. The Morgan fingerprint density at radius 3 is 3.00 bits per heavy atom. The molecule has 1 amide bonds. The van der Waals surface area contributed by atoms with Crippen molar-refractivity contribution in [1.29, 1.82) is 0 Å². The van der Waals surface area contributed by atoms with Gasteiger partial charge < -0.3 is 19.9 Å². The number of pyridine rings is 1. The number of amides is 1. The highest BCUT2D eigenvalue weighted by atomic mass is 35.5. The minimum atomic E-state index is -0.514. The number of rotatable bonds is 3. The van der Waals surface area contributed by atoms with E-state index >= 15 is 0 Å². The molecule has 0 unspecified atom stereocenters. The van der Waals surface area contributed by atoms with Gasteiger partial charge in [-0.15, -0.1) is 0 Å². The maximum atomic E-state index is 12.4. The Morgan fingerprint density at radius 2 is 2.20 bits per heavy atom. The number of carbonyl (C=O) groups excluding carboxylic acids is 1. The third-order valence-electron chi connectivity index (χ3n) is 4.86. The van der Waals surface area contributed by atoms with E-state index in [9.17, 15) is 4.79 Å². The molecule has 0 spiro atoms. The normalized spacial score (nSPS) is 17.2. The molecule has 30 heavy (non-hydrogen) atoms. The molecule has 4 heterocycles. The van der Waals surface area contributed by atoms with Gasteiger partial charge >= 0.3 is 6.09 Å². The van der Waals surface area contributed by atoms with Gasteiger partial charge in [-0.1, -0.05) is 11.6 Å². The fourth-order valence-corrected chi connectivity index (χ4v) is 3.74. The molecular weight excluding hydrogens is 404 g/mol. The Bertz CT molecular complexity index is 1060. The third kappa shape index (κ3) is 4.48. The van der Waals surface area contributed by atoms with Crippen LogP contribution in [0.1, 0.15) is 33.6 Å². The first-order valence-corrected chi connectivity index (χ1v) is 10.4. The molecule has 4 rings (SSSR count). The summed E-state index contributed by atoms with van der Waals surface area (Å²) in [5.41, 5.74) is 1.76. The largest absolute Gasteiger partial charge is 0.444 e. The zero-order chi connectivity index (χ0) is 21.3. The first-order valence-electron chi connectivity index (χ1n) is 9.99. The van der Waals surface area contributed by atoms with Crippen LogP contribution in [0.15, 0.2) is 30.7 Å². The monoisotopic (exact) mass is 428 g/mol. The van der Waals surface area contributed by atoms with E-state index in [-0.39, 0.29) is 12.1 Å². The topological polar surface area (TPSA) is 96.0 Å². The van der Waals surface area contributed by atoms with Crippen molar-refractivity contribution in [2.45, 2.75) is 45.3 Å². The van der Waals surface area contributed by atoms with E-state index in [0.29, 0.717) is 29.8 Å². The standard InChI is InChI=1S/C21H25ClN6O2/c1-21(2,3)30-20(29)28-9-5-6-13(12-28)26-19-25-11-16(22)17(27-19)15-10-24-18-14(15)7-4-8-23-18/h4,7-8,10-11,13H,5-6,9,12H2,1-3H3,(H,23,24)(H,25,26,27)/t13-/m1/s1. The number of hydrogen-bond donors (Lipinski definition) is 2. The first-order chi connectivity index (χ1) is 14.3. The van der Waals surface area contributed by atoms with Crippen molar-refractivity contribution in [3.05, 3.63) is 35.7 Å². The van der Waals surface area contributed by atoms with E-state index in [1.54, 1.807) is 17.3 Å². The number of nitrogens with one attached hydrogen (secondary N) is 2. The molecule has 1 fully saturated rings. The molecule has 9 heteroatoms. The van der Waals surface area contributed by atoms with Crippen LogP contribution in [0.4, 0.5) is 10.7 Å². The molecule has 1 atom stereocenters. The molecule has 2 N–H and O–H groups in total. The summed E-state index contributed by atoms with van der Waals surface area (Å²) in [5.74, 6) is 0.476. The van der Waals surface area contributed by atoms with Crippen molar-refractivity contribution >= 4 is 34.7 Å². The second kappa shape index (κ2) is 8.10. The second-order valence-electron chi connectivity index (χ2n) is 8.40. The first kappa shape index (κ1) is 20.4. The number of anilines is 1. The summed E-state index contributed by atoms with van der Waals surface area (Å²) in [7, 11) is 0. The van der Waals surface area contributed by atoms with E-state index in [0.717, 1.165) is 29.4 Å². The predicted octanol–water partition coefficient (Wildman–Crippen LogP) is 4.48. The number of piperidine rings is 1. The summed E-state index contributed by atoms with van der Waals surface area (Å²) in [6, 6.07) is 3.88. The van der Waals surface area contributed by atoms with Gasteiger partial charge in [-0.25, -0.2) is 19.7 Å². The van der Waals surface area contributed by atoms with Crippen LogP contribution in [0.2, 0.25) is 5.02 Å². The summed E-state index contributed by atoms with van der Waals surface area (Å²) < 4.78 is 5.50. The highest BCUT2D eigenvalue weighted by Gasteiger charge is 2.28. The molecule has 0 aromatic carbocycles. The van der Waals surface area contributed by atoms with Gasteiger partial charge in [0, 0.05) is 42.5 Å². The fourth-order valence-electron chi connectivity index (χ4n) is 3.55. The maximum absolute atomic E-state index is 12.4. The van der Waals surface area contributed by atoms with E-state index in [2.05, 4.69) is 25.3 Å². The van der Waals surface area contributed by atoms with Crippen molar-refractivity contribution in [2.75, 3.05) is 18.4 Å². The second-order valence-corrected chi connectivity index (χ2v) is 8.81. The number of carbonyl (C=O) groups is 1. The summed E-state index contributed by atoms with van der Waals surface area (Å²) in [6.45, 7) is 6.82. The highest BCUT2D eigenvalue weighted by Crippen LogP contribution is 2.31. The van der Waals surface area contributed by atoms with Crippen LogP contribution in [-0.4, -0.2) is 55.7 Å². The van der Waals surface area contributed by atoms with E-state index in [1.165, 1.54) is 0 Å². The van der Waals surface area contributed by atoms with Crippen molar-refractivity contribution in [3.63, 3.8) is 0 Å². The summed E-state index contributed by atoms with van der Waals surface area (Å²) in [4.78, 5) is 30.6. The minimum absolute atomic E-state index is 0.0323. The summed E-state index contributed by atoms with van der Waals surface area (Å²) in [5, 5.41) is 4.75. The van der Waals surface area contributed by atoms with Gasteiger partial charge in [0.15, 0.2) is 0 Å². The molecule has 0 aliphatic carbocycles. The molecule has 8 nitrogen and oxygen atoms in total. The van der Waals surface area contributed by atoms with Gasteiger partial charge in [-0.05, 0) is 45.7 Å². The van der Waals surface area contributed by atoms with Gasteiger partial charge in [0.25, 0.3) is 0 Å². The van der Waals surface area contributed by atoms with Gasteiger partial charge in [0.05, 0.1) is 16.9 Å². The van der Waals surface area contributed by atoms with E-state index < -0.39 is 5.60 Å². The van der Waals surface area contributed by atoms with Crippen LogP contribution in [-0.2, 0) is 4.74 Å². The molecule has 0 bridgehead atoms. The van der Waals surface area contributed by atoms with Crippen LogP contribution in [0.5, 0.6) is 0 Å². The SMILES string of the molecule is CC(C)(C)OC(=O)N1CCC[C@@H](Nc2ncc(Cl)c(-c3c[nH]c4ncccc34)n2)C1. The lowest BCUT2D eigenvalue weighted by atomic mass is 10.1. The number of aromatic amines is 1. The quantitative estimate of drug-likeness (QED) is 0.638. The zero-order valence-corrected chi connectivity index (χ0v) is 18.0. The Labute approximate surface area is 180 Å². The van der Waals surface area contributed by atoms with Crippen LogP contribution >= 0.6 is 11.6 Å². The van der Waals surface area contributed by atoms with Crippen molar-refractivity contribution in [3.8, 4) is 11.3 Å². The summed E-state index contributed by atoms with van der Waals surface area (Å²) in [6.07, 6.45) is 6.67. The number of ether oxygens (including phenoxy) is 1. The smallest absolute Gasteiger partial charge is 0.410 e. The Morgan fingerprint density at radius 1 is 1.37 bits per heavy atom. The number of H-pyrrole nitrogens is 1. The Hall–Kier alpha value is -2.87. The van der Waals surface area contributed by atoms with Gasteiger partial charge in [-0.2, -0.15) is 0 Å². The van der Waals surface area contributed by atoms with E-state index in [1.807, 2.05) is 39.1 Å². The lowest BCUT2D eigenvalue weighted by Gasteiger charge is -2.34. The number of fused-ring (bicyclic) bond motifs is 1. The number of aromatic nitrogens is 4.